The molecule has 0 bridgehead atoms. The monoisotopic (exact) mass is 293 g/mol. The van der Waals surface area contributed by atoms with Crippen LogP contribution in [0.3, 0.4) is 0 Å². The van der Waals surface area contributed by atoms with Gasteiger partial charge in [-0.3, -0.25) is 0 Å². The molecule has 98 valence electrons. The first-order valence-electron chi connectivity index (χ1n) is 5.76. The Bertz CT molecular complexity index is 599. The molecule has 0 saturated carbocycles. The van der Waals surface area contributed by atoms with Crippen molar-refractivity contribution in [1.82, 2.24) is 4.98 Å². The van der Waals surface area contributed by atoms with Gasteiger partial charge in [0.05, 0.1) is 5.56 Å². The summed E-state index contributed by atoms with van der Waals surface area (Å²) in [5.74, 6) is -0.935. The highest BCUT2D eigenvalue weighted by molar-refractivity contribution is 7.99. The predicted octanol–water partition coefficient (Wildman–Crippen LogP) is 4.15. The highest BCUT2D eigenvalue weighted by Crippen LogP contribution is 2.28. The number of halogens is 1. The molecule has 1 aromatic heterocycles. The van der Waals surface area contributed by atoms with Gasteiger partial charge in [0.25, 0.3) is 0 Å². The lowest BCUT2D eigenvalue weighted by Crippen LogP contribution is -2.00. The summed E-state index contributed by atoms with van der Waals surface area (Å²) < 4.78 is 0. The maximum Gasteiger partial charge on any atom is 0.335 e. The van der Waals surface area contributed by atoms with E-state index in [2.05, 4.69) is 4.98 Å². The Labute approximate surface area is 120 Å². The summed E-state index contributed by atoms with van der Waals surface area (Å²) in [6.07, 6.45) is 0.704. The van der Waals surface area contributed by atoms with Crippen molar-refractivity contribution in [2.24, 2.45) is 0 Å². The number of pyridine rings is 1. The van der Waals surface area contributed by atoms with E-state index < -0.39 is 5.97 Å². The first-order valence-corrected chi connectivity index (χ1v) is 6.95. The molecule has 0 aliphatic heterocycles. The SMILES string of the molecule is CCc1cc(C(=O)O)cc(Sc2ccc(Cl)cc2)n1. The smallest absolute Gasteiger partial charge is 0.335 e. The van der Waals surface area contributed by atoms with Crippen molar-refractivity contribution in [3.63, 3.8) is 0 Å². The number of hydrogen-bond donors (Lipinski definition) is 1. The van der Waals surface area contributed by atoms with Gasteiger partial charge in [0.2, 0.25) is 0 Å². The van der Waals surface area contributed by atoms with Crippen LogP contribution >= 0.6 is 23.4 Å². The second kappa shape index (κ2) is 6.08. The minimum Gasteiger partial charge on any atom is -0.478 e. The van der Waals surface area contributed by atoms with Crippen LogP contribution in [-0.4, -0.2) is 16.1 Å². The lowest BCUT2D eigenvalue weighted by Gasteiger charge is -2.05. The van der Waals surface area contributed by atoms with Crippen molar-refractivity contribution in [3.05, 3.63) is 52.7 Å². The molecule has 0 spiro atoms. The number of rotatable bonds is 4. The molecular formula is C14H12ClNO2S. The largest absolute Gasteiger partial charge is 0.478 e. The second-order valence-corrected chi connectivity index (χ2v) is 5.43. The summed E-state index contributed by atoms with van der Waals surface area (Å²) in [6, 6.07) is 10.5. The highest BCUT2D eigenvalue weighted by Gasteiger charge is 2.09. The van der Waals surface area contributed by atoms with Crippen LogP contribution in [0.5, 0.6) is 0 Å². The summed E-state index contributed by atoms with van der Waals surface area (Å²) in [6.45, 7) is 1.95. The minimum absolute atomic E-state index is 0.267. The van der Waals surface area contributed by atoms with Crippen LogP contribution < -0.4 is 0 Å². The molecule has 0 aliphatic carbocycles. The molecule has 1 N–H and O–H groups in total. The van der Waals surface area contributed by atoms with Crippen molar-refractivity contribution in [2.75, 3.05) is 0 Å². The van der Waals surface area contributed by atoms with Gasteiger partial charge in [0.15, 0.2) is 0 Å². The normalized spacial score (nSPS) is 10.4. The first kappa shape index (κ1) is 13.9. The molecule has 2 rings (SSSR count). The van der Waals surface area contributed by atoms with Crippen LogP contribution in [0.25, 0.3) is 0 Å². The maximum absolute atomic E-state index is 11.1. The molecule has 0 fully saturated rings. The fourth-order valence-corrected chi connectivity index (χ4v) is 2.53. The van der Waals surface area contributed by atoms with Gasteiger partial charge in [-0.1, -0.05) is 30.3 Å². The molecule has 1 heterocycles. The summed E-state index contributed by atoms with van der Waals surface area (Å²) in [7, 11) is 0. The van der Waals surface area contributed by atoms with Crippen molar-refractivity contribution in [2.45, 2.75) is 23.3 Å². The molecule has 0 unspecified atom stereocenters. The summed E-state index contributed by atoms with van der Waals surface area (Å²) in [5.41, 5.74) is 1.04. The van der Waals surface area contributed by atoms with Gasteiger partial charge in [0.1, 0.15) is 5.03 Å². The Kier molecular flexibility index (Phi) is 4.45. The van der Waals surface area contributed by atoms with E-state index in [1.54, 1.807) is 24.3 Å². The van der Waals surface area contributed by atoms with Crippen molar-refractivity contribution in [1.29, 1.82) is 0 Å². The highest BCUT2D eigenvalue weighted by atomic mass is 35.5. The first-order chi connectivity index (χ1) is 9.08. The Morgan fingerprint density at radius 3 is 2.58 bits per heavy atom. The van der Waals surface area contributed by atoms with E-state index in [-0.39, 0.29) is 5.56 Å². The quantitative estimate of drug-likeness (QED) is 0.920. The van der Waals surface area contributed by atoms with Gasteiger partial charge < -0.3 is 5.11 Å². The Morgan fingerprint density at radius 2 is 2.00 bits per heavy atom. The number of aromatic nitrogens is 1. The molecule has 3 nitrogen and oxygen atoms in total. The van der Waals surface area contributed by atoms with Crippen LogP contribution in [0.4, 0.5) is 0 Å². The third-order valence-corrected chi connectivity index (χ3v) is 3.68. The zero-order valence-electron chi connectivity index (χ0n) is 10.3. The third-order valence-electron chi connectivity index (χ3n) is 2.50. The topological polar surface area (TPSA) is 50.2 Å². The van der Waals surface area contributed by atoms with Crippen LogP contribution in [0.1, 0.15) is 23.0 Å². The van der Waals surface area contributed by atoms with Crippen LogP contribution in [0.15, 0.2) is 46.3 Å². The van der Waals surface area contributed by atoms with Gasteiger partial charge in [-0.05, 0) is 42.8 Å². The molecule has 1 aromatic carbocycles. The summed E-state index contributed by atoms with van der Waals surface area (Å²) >= 11 is 7.25. The zero-order chi connectivity index (χ0) is 13.8. The third kappa shape index (κ3) is 3.72. The van der Waals surface area contributed by atoms with E-state index in [9.17, 15) is 4.79 Å². The standard InChI is InChI=1S/C14H12ClNO2S/c1-2-11-7-9(14(17)18)8-13(16-11)19-12-5-3-10(15)4-6-12/h3-8H,2H2,1H3,(H,17,18). The van der Waals surface area contributed by atoms with E-state index >= 15 is 0 Å². The lowest BCUT2D eigenvalue weighted by atomic mass is 10.2. The molecule has 0 atom stereocenters. The number of benzene rings is 1. The zero-order valence-corrected chi connectivity index (χ0v) is 11.8. The number of carbonyl (C=O) groups is 1. The minimum atomic E-state index is -0.935. The molecule has 0 saturated heterocycles. The van der Waals surface area contributed by atoms with Gasteiger partial charge in [-0.2, -0.15) is 0 Å². The van der Waals surface area contributed by atoms with E-state index in [0.717, 1.165) is 10.6 Å². The number of aromatic carboxylic acids is 1. The van der Waals surface area contributed by atoms with Crippen molar-refractivity contribution < 1.29 is 9.90 Å². The lowest BCUT2D eigenvalue weighted by molar-refractivity contribution is 0.0696. The molecule has 0 amide bonds. The van der Waals surface area contributed by atoms with Crippen LogP contribution in [0.2, 0.25) is 5.02 Å². The summed E-state index contributed by atoms with van der Waals surface area (Å²) in [4.78, 5) is 16.5. The fourth-order valence-electron chi connectivity index (χ4n) is 1.54. The molecule has 0 radical (unpaired) electrons. The molecule has 19 heavy (non-hydrogen) atoms. The van der Waals surface area contributed by atoms with E-state index in [4.69, 9.17) is 16.7 Å². The van der Waals surface area contributed by atoms with Gasteiger partial charge in [-0.15, -0.1) is 0 Å². The fraction of sp³-hybridized carbons (Fsp3) is 0.143. The maximum atomic E-state index is 11.1. The second-order valence-electron chi connectivity index (χ2n) is 3.90. The van der Waals surface area contributed by atoms with Crippen molar-refractivity contribution >= 4 is 29.3 Å². The Hall–Kier alpha value is -1.52. The Morgan fingerprint density at radius 1 is 1.32 bits per heavy atom. The van der Waals surface area contributed by atoms with Gasteiger partial charge >= 0.3 is 5.97 Å². The van der Waals surface area contributed by atoms with E-state index in [1.807, 2.05) is 19.1 Å². The van der Waals surface area contributed by atoms with E-state index in [1.165, 1.54) is 11.8 Å². The summed E-state index contributed by atoms with van der Waals surface area (Å²) in [5, 5.41) is 10.4. The average Bonchev–Trinajstić information content (AvgIpc) is 2.41. The molecular weight excluding hydrogens is 282 g/mol. The van der Waals surface area contributed by atoms with Crippen LogP contribution in [-0.2, 0) is 6.42 Å². The number of aryl methyl sites for hydroxylation is 1. The molecule has 0 aliphatic rings. The van der Waals surface area contributed by atoms with Gasteiger partial charge in [0, 0.05) is 15.6 Å². The number of nitrogens with zero attached hydrogens (tertiary/aromatic N) is 1. The Balaban J connectivity index is 2.31. The number of carboxylic acids is 1. The predicted molar refractivity (Wildman–Crippen MR) is 76.1 cm³/mol. The van der Waals surface area contributed by atoms with E-state index in [0.29, 0.717) is 16.5 Å². The molecule has 5 heteroatoms. The molecule has 2 aromatic rings. The van der Waals surface area contributed by atoms with Crippen molar-refractivity contribution in [3.8, 4) is 0 Å². The number of hydrogen-bond acceptors (Lipinski definition) is 3. The van der Waals surface area contributed by atoms with Crippen LogP contribution in [0, 0.1) is 0 Å². The number of carboxylic acid groups (broad SMARTS) is 1. The van der Waals surface area contributed by atoms with Gasteiger partial charge in [-0.25, -0.2) is 9.78 Å². The average molecular weight is 294 g/mol.